The highest BCUT2D eigenvalue weighted by atomic mass is 31.2. The second-order valence-electron chi connectivity index (χ2n) is 4.12. The van der Waals surface area contributed by atoms with E-state index in [0.29, 0.717) is 0 Å². The van der Waals surface area contributed by atoms with E-state index in [-0.39, 0.29) is 36.9 Å². The molecule has 22 heavy (non-hydrogen) atoms. The van der Waals surface area contributed by atoms with E-state index in [1.165, 1.54) is 11.1 Å². The molecule has 2 rings (SSSR count). The molecule has 11 nitrogen and oxygen atoms in total. The Morgan fingerprint density at radius 2 is 2.27 bits per heavy atom. The number of nitrogens with zero attached hydrogens (tertiary/aromatic N) is 3. The molecule has 0 aliphatic carbocycles. The molecule has 122 valence electrons. The first-order chi connectivity index (χ1) is 10.4. The van der Waals surface area contributed by atoms with Crippen molar-refractivity contribution in [2.24, 2.45) is 0 Å². The highest BCUT2D eigenvalue weighted by molar-refractivity contribution is 7.52. The summed E-state index contributed by atoms with van der Waals surface area (Å²) < 4.78 is 22.2. The van der Waals surface area contributed by atoms with Crippen LogP contribution in [-0.4, -0.2) is 50.7 Å². The molecular formula is C10H16N5O6P. The molecule has 0 bridgehead atoms. The van der Waals surface area contributed by atoms with Gasteiger partial charge in [0.2, 0.25) is 11.6 Å². The maximum atomic E-state index is 11.6. The van der Waals surface area contributed by atoms with Gasteiger partial charge in [0.1, 0.15) is 19.3 Å². The lowest BCUT2D eigenvalue weighted by Crippen LogP contribution is -2.18. The Hall–Kier alpha value is -1.94. The first kappa shape index (κ1) is 16.4. The number of nitrogen functional groups attached to an aromatic ring is 1. The van der Waals surface area contributed by atoms with Crippen molar-refractivity contribution in [3.05, 3.63) is 16.7 Å². The van der Waals surface area contributed by atoms with Gasteiger partial charge in [-0.3, -0.25) is 14.3 Å². The summed E-state index contributed by atoms with van der Waals surface area (Å²) in [6, 6.07) is 0. The summed E-state index contributed by atoms with van der Waals surface area (Å²) in [5.41, 5.74) is 5.23. The number of hydrogen-bond donors (Lipinski definition) is 3. The van der Waals surface area contributed by atoms with Crippen LogP contribution in [-0.2, 0) is 13.8 Å². The van der Waals surface area contributed by atoms with Crippen LogP contribution < -0.4 is 16.1 Å². The van der Waals surface area contributed by atoms with Crippen LogP contribution in [0.25, 0.3) is 11.2 Å². The zero-order valence-electron chi connectivity index (χ0n) is 11.8. The second-order valence-corrected chi connectivity index (χ2v) is 5.91. The Morgan fingerprint density at radius 1 is 1.50 bits per heavy atom. The minimum absolute atomic E-state index is 0.0377. The Labute approximate surface area is 124 Å². The number of aromatic amines is 1. The van der Waals surface area contributed by atoms with Gasteiger partial charge in [-0.15, -0.1) is 0 Å². The van der Waals surface area contributed by atoms with Crippen LogP contribution in [0.2, 0.25) is 0 Å². The summed E-state index contributed by atoms with van der Waals surface area (Å²) >= 11 is 0. The van der Waals surface area contributed by atoms with E-state index in [4.69, 9.17) is 15.3 Å². The smallest absolute Gasteiger partial charge is 0.353 e. The van der Waals surface area contributed by atoms with Crippen LogP contribution in [0, 0.1) is 0 Å². The fourth-order valence-corrected chi connectivity index (χ4v) is 2.45. The lowest BCUT2D eigenvalue weighted by molar-refractivity contribution is 0.0507. The molecule has 4 N–H and O–H groups in total. The molecule has 2 heterocycles. The minimum Gasteiger partial charge on any atom is -0.408 e. The fraction of sp³-hybridized carbons (Fsp3) is 0.500. The van der Waals surface area contributed by atoms with Crippen molar-refractivity contribution in [3.8, 4) is 0 Å². The largest absolute Gasteiger partial charge is 0.408 e. The lowest BCUT2D eigenvalue weighted by atomic mass is 10.5. The molecule has 0 spiro atoms. The summed E-state index contributed by atoms with van der Waals surface area (Å²) in [6.45, 7) is 1.81. The minimum atomic E-state index is -3.72. The quantitative estimate of drug-likeness (QED) is 0.421. The molecule has 12 heteroatoms. The molecule has 1 unspecified atom stereocenters. The molecule has 0 radical (unpaired) electrons. The topological polar surface area (TPSA) is 155 Å². The maximum Gasteiger partial charge on any atom is 0.353 e. The van der Waals surface area contributed by atoms with Crippen LogP contribution in [0.3, 0.4) is 0 Å². The number of rotatable bonds is 8. The van der Waals surface area contributed by atoms with Crippen LogP contribution in [0.5, 0.6) is 0 Å². The van der Waals surface area contributed by atoms with Crippen LogP contribution in [0.4, 0.5) is 5.95 Å². The number of H-pyrrole nitrogens is 1. The molecule has 2 aromatic rings. The molecule has 0 aliphatic rings. The number of imidazole rings is 1. The lowest BCUT2D eigenvalue weighted by Gasteiger charge is -2.11. The molecule has 0 fully saturated rings. The number of nitrogens with two attached hydrogens (primary N) is 1. The molecule has 0 aliphatic heterocycles. The van der Waals surface area contributed by atoms with Crippen molar-refractivity contribution >= 4 is 24.7 Å². The average Bonchev–Trinajstić information content (AvgIpc) is 2.81. The van der Waals surface area contributed by atoms with E-state index in [9.17, 15) is 14.3 Å². The second kappa shape index (κ2) is 6.88. The van der Waals surface area contributed by atoms with Crippen molar-refractivity contribution in [1.82, 2.24) is 19.7 Å². The first-order valence-corrected chi connectivity index (χ1v) is 8.09. The molecule has 0 saturated carbocycles. The van der Waals surface area contributed by atoms with E-state index in [0.717, 1.165) is 0 Å². The van der Waals surface area contributed by atoms with Crippen molar-refractivity contribution in [1.29, 1.82) is 0 Å². The summed E-state index contributed by atoms with van der Waals surface area (Å²) in [4.78, 5) is 36.2. The van der Waals surface area contributed by atoms with Crippen LogP contribution in [0.15, 0.2) is 11.1 Å². The number of hydrogen-bond acceptors (Lipinski definition) is 8. The average molecular weight is 333 g/mol. The van der Waals surface area contributed by atoms with Crippen molar-refractivity contribution < 1.29 is 23.6 Å². The van der Waals surface area contributed by atoms with Gasteiger partial charge in [-0.25, -0.2) is 4.98 Å². The molecule has 2 aromatic heterocycles. The predicted molar refractivity (Wildman–Crippen MR) is 76.3 cm³/mol. The Balaban J connectivity index is 1.88. The zero-order chi connectivity index (χ0) is 16.2. The van der Waals surface area contributed by atoms with E-state index >= 15 is 0 Å². The number of fused-ring (bicyclic) bond motifs is 1. The molecule has 1 atom stereocenters. The van der Waals surface area contributed by atoms with Gasteiger partial charge in [0.15, 0.2) is 5.52 Å². The fourth-order valence-electron chi connectivity index (χ4n) is 1.61. The van der Waals surface area contributed by atoms with Crippen LogP contribution in [0.1, 0.15) is 6.92 Å². The molecule has 0 aromatic carbocycles. The zero-order valence-corrected chi connectivity index (χ0v) is 12.7. The normalized spacial score (nSPS) is 14.1. The summed E-state index contributed by atoms with van der Waals surface area (Å²) in [5.74, 6) is -0.0583. The van der Waals surface area contributed by atoms with Gasteiger partial charge in [-0.05, 0) is 6.92 Å². The summed E-state index contributed by atoms with van der Waals surface area (Å²) in [6.07, 6.45) is 0.837. The SMILES string of the molecule is CCOP(=O)(O)COCCOn1cnc2c(=O)[nH]c(N)nc21. The number of nitrogens with one attached hydrogen (secondary N) is 1. The van der Waals surface area contributed by atoms with E-state index in [1.54, 1.807) is 6.92 Å². The van der Waals surface area contributed by atoms with Gasteiger partial charge in [-0.1, -0.05) is 0 Å². The standard InChI is InChI=1S/C10H16N5O6P/c1-2-21-22(17,18)6-19-3-4-20-15-5-12-7-8(15)13-10(11)14-9(7)16/h5H,2-4,6H2,1H3,(H,17,18)(H3,11,13,14,16). The first-order valence-electron chi connectivity index (χ1n) is 6.33. The monoisotopic (exact) mass is 333 g/mol. The van der Waals surface area contributed by atoms with Gasteiger partial charge in [0, 0.05) is 0 Å². The number of anilines is 1. The third kappa shape index (κ3) is 4.04. The Bertz CT molecular complexity index is 743. The van der Waals surface area contributed by atoms with E-state index < -0.39 is 19.5 Å². The van der Waals surface area contributed by atoms with E-state index in [2.05, 4.69) is 19.5 Å². The molecule has 0 saturated heterocycles. The maximum absolute atomic E-state index is 11.6. The number of ether oxygens (including phenoxy) is 1. The summed E-state index contributed by atoms with van der Waals surface area (Å²) in [7, 11) is -3.72. The number of aromatic nitrogens is 4. The van der Waals surface area contributed by atoms with Gasteiger partial charge < -0.3 is 24.7 Å². The Kier molecular flexibility index (Phi) is 5.14. The third-order valence-corrected chi connectivity index (χ3v) is 3.61. The van der Waals surface area contributed by atoms with E-state index in [1.807, 2.05) is 0 Å². The van der Waals surface area contributed by atoms with Crippen molar-refractivity contribution in [2.75, 3.05) is 31.9 Å². The third-order valence-electron chi connectivity index (χ3n) is 2.44. The Morgan fingerprint density at radius 3 is 3.00 bits per heavy atom. The molecular weight excluding hydrogens is 317 g/mol. The van der Waals surface area contributed by atoms with Gasteiger partial charge >= 0.3 is 7.60 Å². The van der Waals surface area contributed by atoms with Gasteiger partial charge in [0.05, 0.1) is 13.2 Å². The summed E-state index contributed by atoms with van der Waals surface area (Å²) in [5, 5.41) is 0. The van der Waals surface area contributed by atoms with Gasteiger partial charge in [-0.2, -0.15) is 9.71 Å². The predicted octanol–water partition coefficient (Wildman–Crippen LogP) is -0.674. The van der Waals surface area contributed by atoms with Crippen molar-refractivity contribution in [3.63, 3.8) is 0 Å². The van der Waals surface area contributed by atoms with Gasteiger partial charge in [0.25, 0.3) is 5.56 Å². The molecule has 0 amide bonds. The van der Waals surface area contributed by atoms with Crippen molar-refractivity contribution in [2.45, 2.75) is 6.92 Å². The highest BCUT2D eigenvalue weighted by Gasteiger charge is 2.18. The van der Waals surface area contributed by atoms with Crippen LogP contribution >= 0.6 is 7.60 Å². The highest BCUT2D eigenvalue weighted by Crippen LogP contribution is 2.41.